The Morgan fingerprint density at radius 1 is 1.16 bits per heavy atom. The predicted molar refractivity (Wildman–Crippen MR) is 120 cm³/mol. The van der Waals surface area contributed by atoms with Gasteiger partial charge in [0.05, 0.1) is 39.3 Å². The summed E-state index contributed by atoms with van der Waals surface area (Å²) in [5, 5.41) is 6.04. The summed E-state index contributed by atoms with van der Waals surface area (Å²) in [5.74, 6) is 2.00. The number of methoxy groups -OCH3 is 2. The average molecular weight is 443 g/mol. The van der Waals surface area contributed by atoms with Crippen molar-refractivity contribution < 1.29 is 18.7 Å². The van der Waals surface area contributed by atoms with Crippen molar-refractivity contribution in [1.82, 2.24) is 14.8 Å². The lowest BCUT2D eigenvalue weighted by molar-refractivity contribution is -0.117. The zero-order valence-corrected chi connectivity index (χ0v) is 18.5. The van der Waals surface area contributed by atoms with Gasteiger partial charge in [-0.25, -0.2) is 4.98 Å². The Labute approximate surface area is 185 Å². The van der Waals surface area contributed by atoms with E-state index in [1.807, 2.05) is 17.5 Å². The number of ether oxygens (including phenoxy) is 2. The maximum Gasteiger partial charge on any atom is 0.238 e. The molecule has 31 heavy (non-hydrogen) atoms. The van der Waals surface area contributed by atoms with E-state index in [1.165, 1.54) is 0 Å². The van der Waals surface area contributed by atoms with Gasteiger partial charge in [0.1, 0.15) is 22.2 Å². The van der Waals surface area contributed by atoms with E-state index >= 15 is 0 Å². The van der Waals surface area contributed by atoms with Crippen LogP contribution in [0.15, 0.2) is 46.4 Å². The van der Waals surface area contributed by atoms with Crippen molar-refractivity contribution in [3.63, 3.8) is 0 Å². The Balaban J connectivity index is 1.24. The minimum Gasteiger partial charge on any atom is -0.497 e. The molecular formula is C22H26N4O4S. The van der Waals surface area contributed by atoms with Crippen LogP contribution < -0.4 is 14.8 Å². The summed E-state index contributed by atoms with van der Waals surface area (Å²) in [6.07, 6.45) is 1.66. The predicted octanol–water partition coefficient (Wildman–Crippen LogP) is 3.18. The number of hydrogen-bond donors (Lipinski definition) is 1. The number of hydrogen-bond acceptors (Lipinski definition) is 8. The monoisotopic (exact) mass is 442 g/mol. The molecule has 8 nitrogen and oxygen atoms in total. The summed E-state index contributed by atoms with van der Waals surface area (Å²) >= 11 is 1.65. The van der Waals surface area contributed by atoms with E-state index in [0.717, 1.165) is 49.2 Å². The maximum atomic E-state index is 12.5. The molecule has 1 fully saturated rings. The molecule has 0 saturated carbocycles. The fourth-order valence-electron chi connectivity index (χ4n) is 3.51. The number of aromatic nitrogens is 1. The first kappa shape index (κ1) is 21.4. The second-order valence-electron chi connectivity index (χ2n) is 7.27. The molecule has 1 aromatic carbocycles. The number of nitrogens with one attached hydrogen (secondary N) is 1. The summed E-state index contributed by atoms with van der Waals surface area (Å²) in [7, 11) is 3.17. The highest BCUT2D eigenvalue weighted by molar-refractivity contribution is 7.09. The van der Waals surface area contributed by atoms with Gasteiger partial charge in [0.15, 0.2) is 5.76 Å². The summed E-state index contributed by atoms with van der Waals surface area (Å²) in [4.78, 5) is 21.7. The molecule has 0 spiro atoms. The maximum absolute atomic E-state index is 12.5. The molecule has 3 heterocycles. The molecule has 0 radical (unpaired) electrons. The largest absolute Gasteiger partial charge is 0.497 e. The third-order valence-corrected chi connectivity index (χ3v) is 6.03. The SMILES string of the molecule is COc1ccc(NC(=O)CN2CCN(Cc3nc(-c4ccco4)cs3)CC2)c(OC)c1. The summed E-state index contributed by atoms with van der Waals surface area (Å²) in [6.45, 7) is 4.63. The van der Waals surface area contributed by atoms with Gasteiger partial charge in [-0.15, -0.1) is 11.3 Å². The summed E-state index contributed by atoms with van der Waals surface area (Å²) in [6, 6.07) is 9.13. The van der Waals surface area contributed by atoms with Gasteiger partial charge >= 0.3 is 0 Å². The molecule has 1 aliphatic heterocycles. The van der Waals surface area contributed by atoms with Crippen LogP contribution >= 0.6 is 11.3 Å². The molecule has 164 valence electrons. The summed E-state index contributed by atoms with van der Waals surface area (Å²) in [5.41, 5.74) is 1.53. The molecule has 4 rings (SSSR count). The van der Waals surface area contributed by atoms with Gasteiger partial charge in [-0.05, 0) is 24.3 Å². The highest BCUT2D eigenvalue weighted by Gasteiger charge is 2.21. The Hall–Kier alpha value is -2.88. The fourth-order valence-corrected chi connectivity index (χ4v) is 4.34. The number of furan rings is 1. The van der Waals surface area contributed by atoms with Crippen molar-refractivity contribution >= 4 is 22.9 Å². The lowest BCUT2D eigenvalue weighted by atomic mass is 10.2. The van der Waals surface area contributed by atoms with Crippen molar-refractivity contribution in [3.05, 3.63) is 47.0 Å². The van der Waals surface area contributed by atoms with E-state index in [2.05, 4.69) is 20.1 Å². The van der Waals surface area contributed by atoms with Crippen molar-refractivity contribution in [2.24, 2.45) is 0 Å². The van der Waals surface area contributed by atoms with E-state index in [4.69, 9.17) is 13.9 Å². The molecule has 0 aliphatic carbocycles. The normalized spacial score (nSPS) is 15.0. The molecule has 2 aromatic heterocycles. The first-order valence-corrected chi connectivity index (χ1v) is 11.0. The van der Waals surface area contributed by atoms with Gasteiger partial charge in [0.25, 0.3) is 0 Å². The number of benzene rings is 1. The Morgan fingerprint density at radius 3 is 2.68 bits per heavy atom. The number of amides is 1. The number of carbonyl (C=O) groups is 1. The van der Waals surface area contributed by atoms with Gasteiger partial charge in [-0.2, -0.15) is 0 Å². The fraction of sp³-hybridized carbons (Fsp3) is 0.364. The molecular weight excluding hydrogens is 416 g/mol. The number of anilines is 1. The van der Waals surface area contributed by atoms with Gasteiger partial charge in [-0.3, -0.25) is 14.6 Å². The van der Waals surface area contributed by atoms with Crippen molar-refractivity contribution in [2.75, 3.05) is 52.3 Å². The zero-order valence-electron chi connectivity index (χ0n) is 17.7. The van der Waals surface area contributed by atoms with E-state index in [0.29, 0.717) is 23.7 Å². The minimum absolute atomic E-state index is 0.0556. The number of thiazole rings is 1. The van der Waals surface area contributed by atoms with E-state index in [9.17, 15) is 4.79 Å². The van der Waals surface area contributed by atoms with Crippen LogP contribution in [0.5, 0.6) is 11.5 Å². The first-order valence-electron chi connectivity index (χ1n) is 10.1. The molecule has 0 unspecified atom stereocenters. The molecule has 3 aromatic rings. The van der Waals surface area contributed by atoms with Gasteiger partial charge in [-0.1, -0.05) is 0 Å². The third-order valence-electron chi connectivity index (χ3n) is 5.20. The minimum atomic E-state index is -0.0556. The lowest BCUT2D eigenvalue weighted by Gasteiger charge is -2.33. The van der Waals surface area contributed by atoms with Crippen LogP contribution in [0.4, 0.5) is 5.69 Å². The van der Waals surface area contributed by atoms with Crippen LogP contribution in [0.1, 0.15) is 5.01 Å². The van der Waals surface area contributed by atoms with Crippen LogP contribution in [0.2, 0.25) is 0 Å². The number of nitrogens with zero attached hydrogens (tertiary/aromatic N) is 3. The highest BCUT2D eigenvalue weighted by Crippen LogP contribution is 2.29. The van der Waals surface area contributed by atoms with Crippen molar-refractivity contribution in [2.45, 2.75) is 6.54 Å². The van der Waals surface area contributed by atoms with E-state index in [1.54, 1.807) is 50.0 Å². The van der Waals surface area contributed by atoms with Crippen LogP contribution in [-0.4, -0.2) is 67.6 Å². The quantitative estimate of drug-likeness (QED) is 0.574. The van der Waals surface area contributed by atoms with Crippen molar-refractivity contribution in [1.29, 1.82) is 0 Å². The second-order valence-corrected chi connectivity index (χ2v) is 8.21. The molecule has 1 saturated heterocycles. The highest BCUT2D eigenvalue weighted by atomic mass is 32.1. The van der Waals surface area contributed by atoms with Gasteiger partial charge in [0, 0.05) is 37.6 Å². The number of piperazine rings is 1. The molecule has 1 N–H and O–H groups in total. The summed E-state index contributed by atoms with van der Waals surface area (Å²) < 4.78 is 16.0. The second kappa shape index (κ2) is 9.95. The molecule has 9 heteroatoms. The van der Waals surface area contributed by atoms with E-state index < -0.39 is 0 Å². The van der Waals surface area contributed by atoms with Crippen LogP contribution in [0, 0.1) is 0 Å². The standard InChI is InChI=1S/C22H26N4O4S/c1-28-16-5-6-17(20(12-16)29-2)23-21(27)13-25-7-9-26(10-8-25)14-22-24-18(15-31-22)19-4-3-11-30-19/h3-6,11-12,15H,7-10,13-14H2,1-2H3,(H,23,27). The third kappa shape index (κ3) is 5.43. The van der Waals surface area contributed by atoms with Crippen LogP contribution in [0.3, 0.4) is 0 Å². The smallest absolute Gasteiger partial charge is 0.238 e. The molecule has 1 aliphatic rings. The molecule has 1 amide bonds. The van der Waals surface area contributed by atoms with Crippen LogP contribution in [0.25, 0.3) is 11.5 Å². The topological polar surface area (TPSA) is 80.1 Å². The number of rotatable bonds is 8. The molecule has 0 bridgehead atoms. The van der Waals surface area contributed by atoms with Gasteiger partial charge in [0.2, 0.25) is 5.91 Å². The first-order chi connectivity index (χ1) is 15.1. The van der Waals surface area contributed by atoms with Gasteiger partial charge < -0.3 is 19.2 Å². The Kier molecular flexibility index (Phi) is 6.86. The lowest BCUT2D eigenvalue weighted by Crippen LogP contribution is -2.48. The van der Waals surface area contributed by atoms with Crippen LogP contribution in [-0.2, 0) is 11.3 Å². The zero-order chi connectivity index (χ0) is 21.6. The van der Waals surface area contributed by atoms with E-state index in [-0.39, 0.29) is 5.91 Å². The number of carbonyl (C=O) groups excluding carboxylic acids is 1. The Morgan fingerprint density at radius 2 is 1.97 bits per heavy atom. The Bertz CT molecular complexity index is 997. The average Bonchev–Trinajstić information content (AvgIpc) is 3.47. The van der Waals surface area contributed by atoms with Crippen molar-refractivity contribution in [3.8, 4) is 23.0 Å². The molecule has 0 atom stereocenters.